The molecule has 4 nitrogen and oxygen atoms in total. The van der Waals surface area contributed by atoms with Crippen LogP contribution in [0, 0.1) is 17.8 Å². The fraction of sp³-hybridized carbons (Fsp3) is 0.929. The van der Waals surface area contributed by atoms with Gasteiger partial charge in [-0.15, -0.1) is 0 Å². The van der Waals surface area contributed by atoms with Crippen LogP contribution in [0.5, 0.6) is 0 Å². The van der Waals surface area contributed by atoms with Gasteiger partial charge in [-0.2, -0.15) is 0 Å². The van der Waals surface area contributed by atoms with E-state index in [0.717, 1.165) is 25.8 Å². The molecule has 0 spiro atoms. The first kappa shape index (κ1) is 15.4. The van der Waals surface area contributed by atoms with Gasteiger partial charge in [-0.05, 0) is 43.6 Å². The van der Waals surface area contributed by atoms with Gasteiger partial charge >= 0.3 is 0 Å². The van der Waals surface area contributed by atoms with Crippen LogP contribution in [0.4, 0.5) is 0 Å². The largest absolute Gasteiger partial charge is 0.396 e. The Morgan fingerprint density at radius 1 is 1.39 bits per heavy atom. The number of hydrogen-bond acceptors (Lipinski definition) is 3. The van der Waals surface area contributed by atoms with Crippen LogP contribution in [0.3, 0.4) is 0 Å². The Hall–Kier alpha value is -0.610. The minimum Gasteiger partial charge on any atom is -0.396 e. The molecule has 1 aliphatic rings. The molecule has 0 radical (unpaired) electrons. The van der Waals surface area contributed by atoms with E-state index in [2.05, 4.69) is 12.2 Å². The average molecular weight is 256 g/mol. The molecule has 4 N–H and O–H groups in total. The van der Waals surface area contributed by atoms with Crippen LogP contribution in [0.25, 0.3) is 0 Å². The average Bonchev–Trinajstić information content (AvgIpc) is 2.42. The molecule has 0 aliphatic heterocycles. The molecule has 1 fully saturated rings. The van der Waals surface area contributed by atoms with Crippen molar-refractivity contribution >= 4 is 5.91 Å². The molecule has 0 aromatic heterocycles. The second-order valence-corrected chi connectivity index (χ2v) is 5.67. The topological polar surface area (TPSA) is 75.4 Å². The summed E-state index contributed by atoms with van der Waals surface area (Å²) in [5.41, 5.74) is 5.53. The first-order valence-electron chi connectivity index (χ1n) is 7.25. The van der Waals surface area contributed by atoms with E-state index in [0.29, 0.717) is 30.7 Å². The lowest BCUT2D eigenvalue weighted by molar-refractivity contribution is -0.121. The van der Waals surface area contributed by atoms with Crippen LogP contribution < -0.4 is 11.1 Å². The summed E-state index contributed by atoms with van der Waals surface area (Å²) in [5, 5.41) is 12.3. The summed E-state index contributed by atoms with van der Waals surface area (Å²) < 4.78 is 0. The monoisotopic (exact) mass is 256 g/mol. The van der Waals surface area contributed by atoms with E-state index in [9.17, 15) is 9.90 Å². The van der Waals surface area contributed by atoms with E-state index >= 15 is 0 Å². The summed E-state index contributed by atoms with van der Waals surface area (Å²) in [6.45, 7) is 3.69. The molecule has 0 aromatic rings. The summed E-state index contributed by atoms with van der Waals surface area (Å²) in [5.74, 6) is 1.37. The number of carbonyl (C=O) groups is 1. The zero-order valence-electron chi connectivity index (χ0n) is 11.5. The molecule has 0 saturated heterocycles. The second kappa shape index (κ2) is 8.48. The van der Waals surface area contributed by atoms with Crippen LogP contribution in [-0.2, 0) is 4.79 Å². The Kier molecular flexibility index (Phi) is 7.28. The van der Waals surface area contributed by atoms with Gasteiger partial charge in [-0.25, -0.2) is 0 Å². The quantitative estimate of drug-likeness (QED) is 0.642. The predicted octanol–water partition coefficient (Wildman–Crippen LogP) is 1.28. The van der Waals surface area contributed by atoms with Gasteiger partial charge in [-0.3, -0.25) is 4.79 Å². The molecule has 3 unspecified atom stereocenters. The van der Waals surface area contributed by atoms with E-state index in [-0.39, 0.29) is 12.5 Å². The second-order valence-electron chi connectivity index (χ2n) is 5.67. The van der Waals surface area contributed by atoms with Gasteiger partial charge in [0, 0.05) is 19.6 Å². The molecule has 0 bridgehead atoms. The summed E-state index contributed by atoms with van der Waals surface area (Å²) in [4.78, 5) is 11.7. The normalized spacial score (nSPS) is 25.7. The molecule has 0 aromatic carbocycles. The number of nitrogens with two attached hydrogens (primary N) is 1. The third-order valence-corrected chi connectivity index (χ3v) is 4.13. The van der Waals surface area contributed by atoms with Crippen LogP contribution >= 0.6 is 0 Å². The van der Waals surface area contributed by atoms with Crippen molar-refractivity contribution in [1.82, 2.24) is 5.32 Å². The smallest absolute Gasteiger partial charge is 0.220 e. The van der Waals surface area contributed by atoms with Crippen molar-refractivity contribution in [2.75, 3.05) is 19.7 Å². The lowest BCUT2D eigenvalue weighted by Gasteiger charge is -2.30. The molecular weight excluding hydrogens is 228 g/mol. The van der Waals surface area contributed by atoms with Crippen LogP contribution in [0.1, 0.15) is 45.4 Å². The minimum atomic E-state index is 0.123. The lowest BCUT2D eigenvalue weighted by atomic mass is 9.79. The van der Waals surface area contributed by atoms with Crippen LogP contribution in [-0.4, -0.2) is 30.7 Å². The molecular formula is C14H28N2O2. The van der Waals surface area contributed by atoms with Gasteiger partial charge in [0.2, 0.25) is 5.91 Å². The van der Waals surface area contributed by atoms with Gasteiger partial charge in [-0.1, -0.05) is 19.8 Å². The van der Waals surface area contributed by atoms with Gasteiger partial charge in [0.25, 0.3) is 0 Å². The highest BCUT2D eigenvalue weighted by Gasteiger charge is 2.24. The maximum absolute atomic E-state index is 11.7. The van der Waals surface area contributed by atoms with Gasteiger partial charge in [0.1, 0.15) is 0 Å². The molecule has 106 valence electrons. The number of rotatable bonds is 7. The number of amides is 1. The SMILES string of the molecule is CC(CN)CCC(=O)NCC1CCCCC1CO. The molecule has 0 heterocycles. The van der Waals surface area contributed by atoms with Gasteiger partial charge < -0.3 is 16.2 Å². The highest BCUT2D eigenvalue weighted by atomic mass is 16.3. The zero-order chi connectivity index (χ0) is 13.4. The van der Waals surface area contributed by atoms with Crippen molar-refractivity contribution in [3.05, 3.63) is 0 Å². The van der Waals surface area contributed by atoms with Crippen LogP contribution in [0.2, 0.25) is 0 Å². The minimum absolute atomic E-state index is 0.123. The standard InChI is InChI=1S/C14H28N2O2/c1-11(8-15)6-7-14(18)16-9-12-4-2-3-5-13(12)10-17/h11-13,17H,2-10,15H2,1H3,(H,16,18). The first-order valence-corrected chi connectivity index (χ1v) is 7.25. The number of aliphatic hydroxyl groups excluding tert-OH is 1. The lowest BCUT2D eigenvalue weighted by Crippen LogP contribution is -2.35. The highest BCUT2D eigenvalue weighted by Crippen LogP contribution is 2.29. The number of hydrogen-bond donors (Lipinski definition) is 3. The van der Waals surface area contributed by atoms with Crippen LogP contribution in [0.15, 0.2) is 0 Å². The number of carbonyl (C=O) groups excluding carboxylic acids is 1. The zero-order valence-corrected chi connectivity index (χ0v) is 11.5. The van der Waals surface area contributed by atoms with Gasteiger partial charge in [0.05, 0.1) is 0 Å². The molecule has 1 rings (SSSR count). The summed E-state index contributed by atoms with van der Waals surface area (Å²) in [7, 11) is 0. The molecule has 3 atom stereocenters. The molecule has 1 saturated carbocycles. The first-order chi connectivity index (χ1) is 8.67. The van der Waals surface area contributed by atoms with Crippen molar-refractivity contribution in [3.8, 4) is 0 Å². The Bertz CT molecular complexity index is 246. The van der Waals surface area contributed by atoms with Crippen molar-refractivity contribution in [2.24, 2.45) is 23.5 Å². The van der Waals surface area contributed by atoms with E-state index in [1.165, 1.54) is 12.8 Å². The van der Waals surface area contributed by atoms with E-state index < -0.39 is 0 Å². The summed E-state index contributed by atoms with van der Waals surface area (Å²) in [6.07, 6.45) is 6.09. The highest BCUT2D eigenvalue weighted by molar-refractivity contribution is 5.75. The molecule has 1 amide bonds. The number of aliphatic hydroxyl groups is 1. The third kappa shape index (κ3) is 5.36. The maximum Gasteiger partial charge on any atom is 0.220 e. The summed E-state index contributed by atoms with van der Waals surface area (Å²) >= 11 is 0. The Morgan fingerprint density at radius 2 is 2.06 bits per heavy atom. The Labute approximate surface area is 110 Å². The third-order valence-electron chi connectivity index (χ3n) is 4.13. The van der Waals surface area contributed by atoms with E-state index in [4.69, 9.17) is 5.73 Å². The molecule has 1 aliphatic carbocycles. The van der Waals surface area contributed by atoms with Gasteiger partial charge in [0.15, 0.2) is 0 Å². The summed E-state index contributed by atoms with van der Waals surface area (Å²) in [6, 6.07) is 0. The van der Waals surface area contributed by atoms with Crippen molar-refractivity contribution < 1.29 is 9.90 Å². The van der Waals surface area contributed by atoms with E-state index in [1.807, 2.05) is 0 Å². The van der Waals surface area contributed by atoms with Crippen molar-refractivity contribution in [2.45, 2.75) is 45.4 Å². The van der Waals surface area contributed by atoms with Crippen molar-refractivity contribution in [1.29, 1.82) is 0 Å². The fourth-order valence-corrected chi connectivity index (χ4v) is 2.62. The molecule has 4 heteroatoms. The van der Waals surface area contributed by atoms with E-state index in [1.54, 1.807) is 0 Å². The maximum atomic E-state index is 11.7. The van der Waals surface area contributed by atoms with Crippen molar-refractivity contribution in [3.63, 3.8) is 0 Å². The molecule has 18 heavy (non-hydrogen) atoms. The Balaban J connectivity index is 2.20. The fourth-order valence-electron chi connectivity index (χ4n) is 2.62. The Morgan fingerprint density at radius 3 is 2.67 bits per heavy atom. The predicted molar refractivity (Wildman–Crippen MR) is 73.0 cm³/mol. The number of nitrogens with one attached hydrogen (secondary N) is 1.